The Morgan fingerprint density at radius 3 is 2.20 bits per heavy atom. The van der Waals surface area contributed by atoms with Crippen LogP contribution in [-0.2, 0) is 20.9 Å². The number of ether oxygens (including phenoxy) is 1. The molecule has 30 heavy (non-hydrogen) atoms. The van der Waals surface area contributed by atoms with Crippen molar-refractivity contribution in [1.82, 2.24) is 10.6 Å². The zero-order chi connectivity index (χ0) is 22.7. The van der Waals surface area contributed by atoms with Crippen molar-refractivity contribution in [2.45, 2.75) is 45.4 Å². The van der Waals surface area contributed by atoms with Crippen LogP contribution in [0.5, 0.6) is 0 Å². The van der Waals surface area contributed by atoms with Crippen molar-refractivity contribution in [3.8, 4) is 0 Å². The van der Waals surface area contributed by atoms with E-state index >= 15 is 0 Å². The van der Waals surface area contributed by atoms with E-state index in [-0.39, 0.29) is 25.5 Å². The predicted molar refractivity (Wildman–Crippen MR) is 111 cm³/mol. The molecule has 2 atom stereocenters. The zero-order valence-corrected chi connectivity index (χ0v) is 17.1. The summed E-state index contributed by atoms with van der Waals surface area (Å²) in [5.74, 6) is -0.966. The zero-order valence-electron chi connectivity index (χ0n) is 17.1. The molecule has 0 bridgehead atoms. The molecule has 0 radical (unpaired) electrons. The molecule has 0 aliphatic heterocycles. The normalized spacial score (nSPS) is 12.5. The first-order chi connectivity index (χ1) is 14.1. The number of hydrogen-bond acceptors (Lipinski definition) is 6. The van der Waals surface area contributed by atoms with Gasteiger partial charge in [0.2, 0.25) is 11.8 Å². The first-order valence-corrected chi connectivity index (χ1v) is 9.51. The molecule has 0 saturated carbocycles. The third kappa shape index (κ3) is 9.24. The largest absolute Gasteiger partial charge is 0.445 e. The van der Waals surface area contributed by atoms with Crippen molar-refractivity contribution in [2.24, 2.45) is 23.1 Å². The van der Waals surface area contributed by atoms with E-state index in [1.165, 1.54) is 0 Å². The number of hydrogen-bond donors (Lipinski definition) is 6. The third-order valence-electron chi connectivity index (χ3n) is 4.23. The van der Waals surface area contributed by atoms with Crippen molar-refractivity contribution in [1.29, 1.82) is 0 Å². The summed E-state index contributed by atoms with van der Waals surface area (Å²) in [5, 5.41) is 7.81. The maximum atomic E-state index is 12.7. The number of anilines is 1. The summed E-state index contributed by atoms with van der Waals surface area (Å²) >= 11 is 0. The number of rotatable bonds is 11. The summed E-state index contributed by atoms with van der Waals surface area (Å²) in [6, 6.07) is 4.32. The van der Waals surface area contributed by atoms with Crippen LogP contribution in [0, 0.1) is 5.92 Å². The third-order valence-corrected chi connectivity index (χ3v) is 4.23. The fourth-order valence-corrected chi connectivity index (χ4v) is 2.43. The number of primary amides is 2. The van der Waals surface area contributed by atoms with Gasteiger partial charge in [-0.2, -0.15) is 0 Å². The Kier molecular flexibility index (Phi) is 10.1. The fraction of sp³-hybridized carbons (Fsp3) is 0.474. The molecule has 1 aromatic carbocycles. The van der Waals surface area contributed by atoms with E-state index in [0.29, 0.717) is 17.7 Å². The molecule has 0 aromatic heterocycles. The minimum absolute atomic E-state index is 0.0161. The van der Waals surface area contributed by atoms with Gasteiger partial charge in [0.05, 0.1) is 6.04 Å². The van der Waals surface area contributed by atoms with Gasteiger partial charge < -0.3 is 37.9 Å². The number of nitrogens with one attached hydrogen (secondary N) is 3. The maximum Gasteiger partial charge on any atom is 0.404 e. The quantitative estimate of drug-likeness (QED) is 0.275. The molecule has 5 amide bonds. The summed E-state index contributed by atoms with van der Waals surface area (Å²) in [6.07, 6.45) is -0.189. The summed E-state index contributed by atoms with van der Waals surface area (Å²) in [6.45, 7) is 3.89. The van der Waals surface area contributed by atoms with Gasteiger partial charge >= 0.3 is 12.1 Å². The Labute approximate surface area is 175 Å². The molecule has 0 spiro atoms. The van der Waals surface area contributed by atoms with Crippen LogP contribution < -0.4 is 33.2 Å². The first-order valence-electron chi connectivity index (χ1n) is 9.51. The van der Waals surface area contributed by atoms with Gasteiger partial charge in [0.25, 0.3) is 0 Å². The second-order valence-electron chi connectivity index (χ2n) is 7.06. The number of carbonyl (C=O) groups is 4. The second-order valence-corrected chi connectivity index (χ2v) is 7.06. The van der Waals surface area contributed by atoms with E-state index in [1.807, 2.05) is 0 Å². The number of nitrogens with two attached hydrogens (primary N) is 3. The molecule has 166 valence electrons. The monoisotopic (exact) mass is 422 g/mol. The molecule has 11 heteroatoms. The van der Waals surface area contributed by atoms with E-state index in [4.69, 9.17) is 21.9 Å². The van der Waals surface area contributed by atoms with Gasteiger partial charge in [-0.3, -0.25) is 9.59 Å². The molecule has 0 aliphatic rings. The Balaban J connectivity index is 2.75. The van der Waals surface area contributed by atoms with Gasteiger partial charge in [0.1, 0.15) is 12.6 Å². The number of urea groups is 1. The molecule has 0 fully saturated rings. The standard InChI is InChI=1S/C19H30N6O5/c1-11(2)15(20)17(27)25-14(4-3-9-23-18(21)28)16(26)24-13-7-5-12(6-8-13)10-30-19(22)29/h5-8,11,14-15H,3-4,9-10,20H2,1-2H3,(H2,22,29)(H,24,26)(H,25,27)(H3,21,23,28)/t14-,15-/m0/s1. The van der Waals surface area contributed by atoms with Crippen molar-refractivity contribution >= 4 is 29.6 Å². The lowest BCUT2D eigenvalue weighted by Crippen LogP contribution is -2.51. The topological polar surface area (TPSA) is 192 Å². The predicted octanol–water partition coefficient (Wildman–Crippen LogP) is 0.137. The van der Waals surface area contributed by atoms with Crippen LogP contribution in [0.25, 0.3) is 0 Å². The summed E-state index contributed by atoms with van der Waals surface area (Å²) in [7, 11) is 0. The number of benzene rings is 1. The van der Waals surface area contributed by atoms with Crippen LogP contribution in [0.3, 0.4) is 0 Å². The summed E-state index contributed by atoms with van der Waals surface area (Å²) in [5.41, 5.74) is 17.0. The highest BCUT2D eigenvalue weighted by Gasteiger charge is 2.25. The SMILES string of the molecule is CC(C)[C@H](N)C(=O)N[C@@H](CCCNC(N)=O)C(=O)Nc1ccc(COC(N)=O)cc1. The van der Waals surface area contributed by atoms with E-state index in [0.717, 1.165) is 0 Å². The van der Waals surface area contributed by atoms with Crippen molar-refractivity contribution in [3.63, 3.8) is 0 Å². The van der Waals surface area contributed by atoms with Crippen LogP contribution in [0.2, 0.25) is 0 Å². The Morgan fingerprint density at radius 2 is 1.67 bits per heavy atom. The van der Waals surface area contributed by atoms with Gasteiger partial charge in [-0.05, 0) is 36.5 Å². The minimum Gasteiger partial charge on any atom is -0.445 e. The lowest BCUT2D eigenvalue weighted by atomic mass is 10.0. The van der Waals surface area contributed by atoms with Crippen molar-refractivity contribution in [2.75, 3.05) is 11.9 Å². The molecule has 1 rings (SSSR count). The fourth-order valence-electron chi connectivity index (χ4n) is 2.43. The average molecular weight is 422 g/mol. The van der Waals surface area contributed by atoms with Crippen LogP contribution in [0.15, 0.2) is 24.3 Å². The Morgan fingerprint density at radius 1 is 1.03 bits per heavy atom. The molecular weight excluding hydrogens is 392 g/mol. The van der Waals surface area contributed by atoms with Crippen LogP contribution >= 0.6 is 0 Å². The molecule has 11 nitrogen and oxygen atoms in total. The van der Waals surface area contributed by atoms with Crippen molar-refractivity contribution < 1.29 is 23.9 Å². The molecule has 0 unspecified atom stereocenters. The van der Waals surface area contributed by atoms with Gasteiger partial charge in [0, 0.05) is 12.2 Å². The lowest BCUT2D eigenvalue weighted by molar-refractivity contribution is -0.128. The van der Waals surface area contributed by atoms with Crippen LogP contribution in [0.4, 0.5) is 15.3 Å². The van der Waals surface area contributed by atoms with E-state index in [2.05, 4.69) is 16.0 Å². The Bertz CT molecular complexity index is 737. The smallest absolute Gasteiger partial charge is 0.404 e. The van der Waals surface area contributed by atoms with E-state index in [9.17, 15) is 19.2 Å². The van der Waals surface area contributed by atoms with Crippen LogP contribution in [-0.4, -0.2) is 42.6 Å². The van der Waals surface area contributed by atoms with Gasteiger partial charge in [-0.15, -0.1) is 0 Å². The average Bonchev–Trinajstić information content (AvgIpc) is 2.68. The lowest BCUT2D eigenvalue weighted by Gasteiger charge is -2.22. The highest BCUT2D eigenvalue weighted by atomic mass is 16.5. The highest BCUT2D eigenvalue weighted by molar-refractivity contribution is 5.97. The maximum absolute atomic E-state index is 12.7. The number of amides is 5. The summed E-state index contributed by atoms with van der Waals surface area (Å²) in [4.78, 5) is 46.4. The molecule has 0 saturated heterocycles. The molecule has 0 aliphatic carbocycles. The van der Waals surface area contributed by atoms with Gasteiger partial charge in [-0.1, -0.05) is 26.0 Å². The van der Waals surface area contributed by atoms with Crippen molar-refractivity contribution in [3.05, 3.63) is 29.8 Å². The van der Waals surface area contributed by atoms with E-state index < -0.39 is 36.0 Å². The second kappa shape index (κ2) is 12.3. The molecule has 9 N–H and O–H groups in total. The highest BCUT2D eigenvalue weighted by Crippen LogP contribution is 2.12. The first kappa shape index (κ1) is 24.7. The molecule has 1 aromatic rings. The van der Waals surface area contributed by atoms with Crippen LogP contribution in [0.1, 0.15) is 32.3 Å². The van der Waals surface area contributed by atoms with Gasteiger partial charge in [0.15, 0.2) is 0 Å². The Hall–Kier alpha value is -3.34. The van der Waals surface area contributed by atoms with Gasteiger partial charge in [-0.25, -0.2) is 9.59 Å². The van der Waals surface area contributed by atoms with E-state index in [1.54, 1.807) is 38.1 Å². The number of carbonyl (C=O) groups excluding carboxylic acids is 4. The summed E-state index contributed by atoms with van der Waals surface area (Å²) < 4.78 is 4.70. The molecular formula is C19H30N6O5. The molecule has 0 heterocycles. The minimum atomic E-state index is -0.878.